The van der Waals surface area contributed by atoms with Gasteiger partial charge in [0.1, 0.15) is 23.0 Å². The van der Waals surface area contributed by atoms with Gasteiger partial charge in [-0.1, -0.05) is 30.3 Å². The van der Waals surface area contributed by atoms with Crippen LogP contribution in [0.15, 0.2) is 49.2 Å². The van der Waals surface area contributed by atoms with E-state index < -0.39 is 56.3 Å². The molecule has 3 fully saturated rings. The van der Waals surface area contributed by atoms with E-state index in [0.29, 0.717) is 18.7 Å². The summed E-state index contributed by atoms with van der Waals surface area (Å²) in [5, 5.41) is 7.46. The number of sulfonamides is 1. The van der Waals surface area contributed by atoms with E-state index in [1.54, 1.807) is 27.0 Å². The Balaban J connectivity index is 1.37. The van der Waals surface area contributed by atoms with Gasteiger partial charge in [0.2, 0.25) is 15.9 Å². The van der Waals surface area contributed by atoms with E-state index in [-0.39, 0.29) is 25.4 Å². The predicted octanol–water partition coefficient (Wildman–Crippen LogP) is 2.69. The summed E-state index contributed by atoms with van der Waals surface area (Å²) < 4.78 is 32.6. The first-order chi connectivity index (χ1) is 18.8. The minimum absolute atomic E-state index is 0.165. The summed E-state index contributed by atoms with van der Waals surface area (Å²) in [4.78, 5) is 45.9. The Morgan fingerprint density at radius 3 is 2.55 bits per heavy atom. The Hall–Kier alpha value is -3.67. The highest BCUT2D eigenvalue weighted by Gasteiger charge is 2.62. The van der Waals surface area contributed by atoms with Crippen molar-refractivity contribution < 1.29 is 27.5 Å². The lowest BCUT2D eigenvalue weighted by atomic mass is 10.1. The summed E-state index contributed by atoms with van der Waals surface area (Å²) >= 11 is 0. The number of nitrogens with zero attached hydrogens (tertiary/aromatic N) is 2. The number of amides is 3. The second kappa shape index (κ2) is 10.1. The molecular formula is C28H35N5O6S. The number of fused-ring (bicyclic) bond motifs is 1. The summed E-state index contributed by atoms with van der Waals surface area (Å²) in [6, 6.07) is 8.36. The fraction of sp³-hybridized carbons (Fsp3) is 0.500. The molecular weight excluding hydrogens is 534 g/mol. The van der Waals surface area contributed by atoms with Gasteiger partial charge in [-0.25, -0.2) is 18.2 Å². The molecule has 3 N–H and O–H groups in total. The zero-order valence-corrected chi connectivity index (χ0v) is 23.7. The van der Waals surface area contributed by atoms with E-state index in [1.165, 1.54) is 11.0 Å². The second-order valence-electron chi connectivity index (χ2n) is 11.8. The summed E-state index contributed by atoms with van der Waals surface area (Å²) in [7, 11) is -3.81. The van der Waals surface area contributed by atoms with Gasteiger partial charge in [-0.05, 0) is 57.9 Å². The molecule has 1 aromatic heterocycles. The number of likely N-dealkylation sites (tertiary alicyclic amines) is 1. The fourth-order valence-corrected chi connectivity index (χ4v) is 6.52. The third-order valence-electron chi connectivity index (χ3n) is 7.50. The third kappa shape index (κ3) is 5.63. The van der Waals surface area contributed by atoms with Crippen LogP contribution in [-0.2, 0) is 24.3 Å². The van der Waals surface area contributed by atoms with Gasteiger partial charge >= 0.3 is 6.09 Å². The van der Waals surface area contributed by atoms with Gasteiger partial charge in [-0.2, -0.15) is 0 Å². The minimum atomic E-state index is -3.81. The van der Waals surface area contributed by atoms with Gasteiger partial charge in [0, 0.05) is 30.1 Å². The zero-order valence-electron chi connectivity index (χ0n) is 22.8. The van der Waals surface area contributed by atoms with Crippen LogP contribution >= 0.6 is 0 Å². The lowest BCUT2D eigenvalue weighted by molar-refractivity contribution is -0.131. The average molecular weight is 570 g/mol. The summed E-state index contributed by atoms with van der Waals surface area (Å²) in [6.07, 6.45) is 4.01. The molecule has 4 atom stereocenters. The van der Waals surface area contributed by atoms with Gasteiger partial charge < -0.3 is 15.4 Å². The molecule has 2 saturated carbocycles. The number of ether oxygens (including phenoxy) is 1. The number of carbonyl (C=O) groups is 3. The SMILES string of the molecule is C=CC1C[C@]1(NC(=O)[C@@H]1C[C@@H](Nc2nccc3ccccc23)CN1C(=O)OC(C)(C)C)C(=O)NS(=O)(=O)C1CC1. The number of hydrogen-bond acceptors (Lipinski definition) is 8. The smallest absolute Gasteiger partial charge is 0.411 e. The van der Waals surface area contributed by atoms with Crippen LogP contribution in [0.4, 0.5) is 10.6 Å². The number of pyridine rings is 1. The Kier molecular flexibility index (Phi) is 7.01. The van der Waals surface area contributed by atoms with E-state index in [1.807, 2.05) is 30.3 Å². The molecule has 0 radical (unpaired) electrons. The first-order valence-corrected chi connectivity index (χ1v) is 15.0. The van der Waals surface area contributed by atoms with Crippen molar-refractivity contribution in [3.63, 3.8) is 0 Å². The largest absolute Gasteiger partial charge is 0.444 e. The third-order valence-corrected chi connectivity index (χ3v) is 9.31. The molecule has 40 heavy (non-hydrogen) atoms. The van der Waals surface area contributed by atoms with Gasteiger partial charge in [0.05, 0.1) is 5.25 Å². The van der Waals surface area contributed by atoms with Crippen molar-refractivity contribution in [1.29, 1.82) is 0 Å². The Labute approximate surface area is 233 Å². The molecule has 12 heteroatoms. The highest BCUT2D eigenvalue weighted by molar-refractivity contribution is 7.91. The monoisotopic (exact) mass is 569 g/mol. The number of aromatic nitrogens is 1. The standard InChI is InChI=1S/C28H35N5O6S/c1-5-18-15-28(18,25(35)32-40(37,38)20-10-11-20)31-24(34)22-14-19(16-33(22)26(36)39-27(2,3)4)30-23-21-9-7-6-8-17(21)12-13-29-23/h5-9,12-13,18-20,22H,1,10-11,14-16H2,2-4H3,(H,29,30)(H,31,34)(H,32,35)/t18?,19-,22+,28-/m1/s1. The maximum atomic E-state index is 13.7. The van der Waals surface area contributed by atoms with E-state index in [0.717, 1.165) is 10.8 Å². The fourth-order valence-electron chi connectivity index (χ4n) is 5.16. The summed E-state index contributed by atoms with van der Waals surface area (Å²) in [5.41, 5.74) is -2.23. The van der Waals surface area contributed by atoms with Crippen molar-refractivity contribution in [2.24, 2.45) is 5.92 Å². The van der Waals surface area contributed by atoms with Crippen molar-refractivity contribution >= 4 is 44.5 Å². The van der Waals surface area contributed by atoms with Gasteiger partial charge in [0.25, 0.3) is 5.91 Å². The Bertz CT molecular complexity index is 1460. The molecule has 11 nitrogen and oxygen atoms in total. The molecule has 214 valence electrons. The number of hydrogen-bond donors (Lipinski definition) is 3. The van der Waals surface area contributed by atoms with Crippen LogP contribution in [0.2, 0.25) is 0 Å². The minimum Gasteiger partial charge on any atom is -0.444 e. The van der Waals surface area contributed by atoms with Crippen LogP contribution in [0.1, 0.15) is 46.5 Å². The molecule has 1 aromatic carbocycles. The molecule has 2 aromatic rings. The van der Waals surface area contributed by atoms with Crippen molar-refractivity contribution in [3.05, 3.63) is 49.2 Å². The Morgan fingerprint density at radius 1 is 1.18 bits per heavy atom. The summed E-state index contributed by atoms with van der Waals surface area (Å²) in [5.74, 6) is -1.15. The second-order valence-corrected chi connectivity index (χ2v) is 13.7. The van der Waals surface area contributed by atoms with Crippen LogP contribution < -0.4 is 15.4 Å². The first kappa shape index (κ1) is 27.9. The zero-order chi connectivity index (χ0) is 28.9. The van der Waals surface area contributed by atoms with Crippen molar-refractivity contribution in [3.8, 4) is 0 Å². The van der Waals surface area contributed by atoms with E-state index >= 15 is 0 Å². The molecule has 1 aliphatic heterocycles. The van der Waals surface area contributed by atoms with E-state index in [2.05, 4.69) is 26.9 Å². The maximum Gasteiger partial charge on any atom is 0.411 e. The molecule has 3 amide bonds. The van der Waals surface area contributed by atoms with E-state index in [9.17, 15) is 22.8 Å². The van der Waals surface area contributed by atoms with E-state index in [4.69, 9.17) is 4.74 Å². The van der Waals surface area contributed by atoms with Crippen molar-refractivity contribution in [1.82, 2.24) is 19.9 Å². The topological polar surface area (TPSA) is 147 Å². The molecule has 0 bridgehead atoms. The van der Waals surface area contributed by atoms with Gasteiger partial charge in [-0.15, -0.1) is 6.58 Å². The van der Waals surface area contributed by atoms with Crippen molar-refractivity contribution in [2.75, 3.05) is 11.9 Å². The number of rotatable bonds is 8. The highest BCUT2D eigenvalue weighted by atomic mass is 32.2. The van der Waals surface area contributed by atoms with Gasteiger partial charge in [0.15, 0.2) is 0 Å². The molecule has 1 unspecified atom stereocenters. The lowest BCUT2D eigenvalue weighted by Crippen LogP contribution is -2.56. The Morgan fingerprint density at radius 2 is 1.90 bits per heavy atom. The lowest BCUT2D eigenvalue weighted by Gasteiger charge is -2.29. The quantitative estimate of drug-likeness (QED) is 0.411. The molecule has 5 rings (SSSR count). The van der Waals surface area contributed by atoms with Crippen LogP contribution in [-0.4, -0.2) is 71.2 Å². The molecule has 1 saturated heterocycles. The first-order valence-electron chi connectivity index (χ1n) is 13.4. The molecule has 2 heterocycles. The van der Waals surface area contributed by atoms with Crippen LogP contribution in [0.3, 0.4) is 0 Å². The van der Waals surface area contributed by atoms with Crippen LogP contribution in [0, 0.1) is 5.92 Å². The normalized spacial score (nSPS) is 26.2. The number of nitrogens with one attached hydrogen (secondary N) is 3. The van der Waals surface area contributed by atoms with Crippen molar-refractivity contribution in [2.45, 2.75) is 74.9 Å². The predicted molar refractivity (Wildman–Crippen MR) is 150 cm³/mol. The molecule has 0 spiro atoms. The number of anilines is 1. The van der Waals surface area contributed by atoms with Gasteiger partial charge in [-0.3, -0.25) is 19.2 Å². The van der Waals surface area contributed by atoms with Crippen LogP contribution in [0.25, 0.3) is 10.8 Å². The summed E-state index contributed by atoms with van der Waals surface area (Å²) in [6.45, 7) is 9.12. The number of benzene rings is 1. The highest BCUT2D eigenvalue weighted by Crippen LogP contribution is 2.45. The average Bonchev–Trinajstić information content (AvgIpc) is 3.80. The number of carbonyl (C=O) groups excluding carboxylic acids is 3. The molecule has 3 aliphatic rings. The van der Waals surface area contributed by atoms with Crippen LogP contribution in [0.5, 0.6) is 0 Å². The maximum absolute atomic E-state index is 13.7. The molecule has 2 aliphatic carbocycles.